The van der Waals surface area contributed by atoms with Gasteiger partial charge in [0.1, 0.15) is 5.75 Å². The van der Waals surface area contributed by atoms with Gasteiger partial charge in [-0.1, -0.05) is 0 Å². The molecule has 3 N–H and O–H groups in total. The van der Waals surface area contributed by atoms with Gasteiger partial charge in [-0.2, -0.15) is 0 Å². The molecule has 1 aromatic carbocycles. The van der Waals surface area contributed by atoms with Crippen LogP contribution in [0.1, 0.15) is 23.2 Å². The van der Waals surface area contributed by atoms with Crippen molar-refractivity contribution in [1.29, 1.82) is 0 Å². The van der Waals surface area contributed by atoms with Crippen molar-refractivity contribution in [2.45, 2.75) is 12.8 Å². The van der Waals surface area contributed by atoms with Gasteiger partial charge in [0.2, 0.25) is 0 Å². The Labute approximate surface area is 138 Å². The third kappa shape index (κ3) is 3.18. The Kier molecular flexibility index (Phi) is 4.39. The number of ether oxygens (including phenoxy) is 2. The van der Waals surface area contributed by atoms with Crippen molar-refractivity contribution in [2.24, 2.45) is 5.41 Å². The lowest BCUT2D eigenvalue weighted by molar-refractivity contribution is -0.154. The molecule has 2 aliphatic heterocycles. The van der Waals surface area contributed by atoms with Crippen LogP contribution in [0.25, 0.3) is 0 Å². The lowest BCUT2D eigenvalue weighted by Gasteiger charge is -2.33. The highest BCUT2D eigenvalue weighted by Crippen LogP contribution is 2.31. The van der Waals surface area contributed by atoms with Crippen LogP contribution in [0.4, 0.5) is 5.69 Å². The normalized spacial score (nSPS) is 18.8. The third-order valence-electron chi connectivity index (χ3n) is 4.37. The Morgan fingerprint density at radius 3 is 2.75 bits per heavy atom. The van der Waals surface area contributed by atoms with Gasteiger partial charge in [0.05, 0.1) is 11.1 Å². The summed E-state index contributed by atoms with van der Waals surface area (Å²) in [6, 6.07) is 4.67. The van der Waals surface area contributed by atoms with Gasteiger partial charge in [0.25, 0.3) is 11.8 Å². The average Bonchev–Trinajstić information content (AvgIpc) is 2.60. The van der Waals surface area contributed by atoms with Gasteiger partial charge in [-0.25, -0.2) is 0 Å². The van der Waals surface area contributed by atoms with Crippen LogP contribution in [0, 0.1) is 5.41 Å². The molecule has 0 saturated carbocycles. The molecule has 2 aliphatic rings. The predicted molar refractivity (Wildman–Crippen MR) is 83.0 cm³/mol. The van der Waals surface area contributed by atoms with Gasteiger partial charge in [-0.15, -0.1) is 0 Å². The number of fused-ring (bicyclic) bond motifs is 1. The van der Waals surface area contributed by atoms with Crippen molar-refractivity contribution < 1.29 is 29.0 Å². The lowest BCUT2D eigenvalue weighted by atomic mass is 9.80. The van der Waals surface area contributed by atoms with Crippen LogP contribution in [-0.4, -0.2) is 49.3 Å². The first kappa shape index (κ1) is 16.3. The molecule has 0 bridgehead atoms. The Hall–Kier alpha value is -2.61. The molecule has 3 rings (SSSR count). The second kappa shape index (κ2) is 6.48. The minimum absolute atomic E-state index is 0.0409. The summed E-state index contributed by atoms with van der Waals surface area (Å²) in [6.07, 6.45) is 0.726. The summed E-state index contributed by atoms with van der Waals surface area (Å²) in [5.74, 6) is -1.14. The van der Waals surface area contributed by atoms with Crippen LogP contribution in [0.3, 0.4) is 0 Å². The summed E-state index contributed by atoms with van der Waals surface area (Å²) in [4.78, 5) is 35.1. The predicted octanol–water partition coefficient (Wildman–Crippen LogP) is 0.629. The number of benzene rings is 1. The first-order valence-electron chi connectivity index (χ1n) is 7.66. The Morgan fingerprint density at radius 1 is 1.29 bits per heavy atom. The Balaban J connectivity index is 1.68. The van der Waals surface area contributed by atoms with Crippen LogP contribution < -0.4 is 15.4 Å². The topological polar surface area (TPSA) is 114 Å². The molecule has 0 unspecified atom stereocenters. The minimum atomic E-state index is -0.993. The van der Waals surface area contributed by atoms with E-state index in [4.69, 9.17) is 9.47 Å². The number of aliphatic carboxylic acids is 1. The summed E-state index contributed by atoms with van der Waals surface area (Å²) < 4.78 is 10.5. The number of amides is 2. The quantitative estimate of drug-likeness (QED) is 0.744. The number of carbonyl (C=O) groups is 3. The van der Waals surface area contributed by atoms with E-state index >= 15 is 0 Å². The molecule has 2 amide bonds. The minimum Gasteiger partial charge on any atom is -0.482 e. The summed E-state index contributed by atoms with van der Waals surface area (Å²) >= 11 is 0. The maximum absolute atomic E-state index is 12.3. The summed E-state index contributed by atoms with van der Waals surface area (Å²) in [7, 11) is 0. The van der Waals surface area contributed by atoms with Crippen LogP contribution in [0.5, 0.6) is 5.75 Å². The number of nitrogens with one attached hydrogen (secondary N) is 2. The van der Waals surface area contributed by atoms with E-state index in [2.05, 4.69) is 10.6 Å². The van der Waals surface area contributed by atoms with E-state index in [0.717, 1.165) is 0 Å². The SMILES string of the molecule is O=C1COc2cc(C(=O)NCC3(C(=O)O)CCOCC3)ccc2N1. The molecule has 8 nitrogen and oxygen atoms in total. The van der Waals surface area contributed by atoms with Crippen LogP contribution >= 0.6 is 0 Å². The fourth-order valence-electron chi connectivity index (χ4n) is 2.80. The monoisotopic (exact) mass is 334 g/mol. The zero-order valence-corrected chi connectivity index (χ0v) is 13.0. The molecule has 2 heterocycles. The smallest absolute Gasteiger partial charge is 0.311 e. The lowest BCUT2D eigenvalue weighted by Crippen LogP contribution is -2.46. The zero-order chi connectivity index (χ0) is 17.2. The van der Waals surface area contributed by atoms with E-state index in [0.29, 0.717) is 43.1 Å². The maximum atomic E-state index is 12.3. The maximum Gasteiger partial charge on any atom is 0.311 e. The second-order valence-corrected chi connectivity index (χ2v) is 5.93. The fourth-order valence-corrected chi connectivity index (χ4v) is 2.80. The Bertz CT molecular complexity index is 681. The van der Waals surface area contributed by atoms with Gasteiger partial charge in [-0.05, 0) is 31.0 Å². The molecule has 8 heteroatoms. The van der Waals surface area contributed by atoms with E-state index in [-0.39, 0.29) is 25.0 Å². The highest BCUT2D eigenvalue weighted by atomic mass is 16.5. The first-order valence-corrected chi connectivity index (χ1v) is 7.66. The van der Waals surface area contributed by atoms with Gasteiger partial charge >= 0.3 is 5.97 Å². The second-order valence-electron chi connectivity index (χ2n) is 5.93. The molecule has 1 fully saturated rings. The number of hydrogen-bond donors (Lipinski definition) is 3. The van der Waals surface area contributed by atoms with Gasteiger partial charge in [-0.3, -0.25) is 14.4 Å². The molecular formula is C16H18N2O6. The molecule has 24 heavy (non-hydrogen) atoms. The summed E-state index contributed by atoms with van der Waals surface area (Å²) in [5.41, 5.74) is -0.140. The standard InChI is InChI=1S/C16H18N2O6/c19-13-8-24-12-7-10(1-2-11(12)18-13)14(20)17-9-16(15(21)22)3-5-23-6-4-16/h1-2,7H,3-6,8-9H2,(H,17,20)(H,18,19)(H,21,22). The van der Waals surface area contributed by atoms with E-state index in [9.17, 15) is 19.5 Å². The summed E-state index contributed by atoms with van der Waals surface area (Å²) in [5, 5.41) is 14.8. The zero-order valence-electron chi connectivity index (χ0n) is 13.0. The van der Waals surface area contributed by atoms with E-state index in [1.807, 2.05) is 0 Å². The largest absolute Gasteiger partial charge is 0.482 e. The van der Waals surface area contributed by atoms with Crippen molar-refractivity contribution in [3.8, 4) is 5.75 Å². The molecule has 128 valence electrons. The van der Waals surface area contributed by atoms with Crippen molar-refractivity contribution >= 4 is 23.5 Å². The molecule has 1 aromatic rings. The highest BCUT2D eigenvalue weighted by Gasteiger charge is 2.40. The number of hydrogen-bond acceptors (Lipinski definition) is 5. The molecule has 0 aliphatic carbocycles. The molecule has 1 saturated heterocycles. The number of carbonyl (C=O) groups excluding carboxylic acids is 2. The van der Waals surface area contributed by atoms with Crippen LogP contribution in [0.15, 0.2) is 18.2 Å². The number of rotatable bonds is 4. The van der Waals surface area contributed by atoms with E-state index in [1.165, 1.54) is 6.07 Å². The van der Waals surface area contributed by atoms with Crippen LogP contribution in [-0.2, 0) is 14.3 Å². The average molecular weight is 334 g/mol. The molecule has 0 atom stereocenters. The fraction of sp³-hybridized carbons (Fsp3) is 0.438. The van der Waals surface area contributed by atoms with Gasteiger partial charge in [0.15, 0.2) is 6.61 Å². The number of anilines is 1. The number of carboxylic acids is 1. The number of carboxylic acid groups (broad SMARTS) is 1. The van der Waals surface area contributed by atoms with Crippen molar-refractivity contribution in [3.05, 3.63) is 23.8 Å². The molecular weight excluding hydrogens is 316 g/mol. The molecule has 0 radical (unpaired) electrons. The van der Waals surface area contributed by atoms with E-state index in [1.54, 1.807) is 12.1 Å². The van der Waals surface area contributed by atoms with Crippen molar-refractivity contribution in [2.75, 3.05) is 31.7 Å². The first-order chi connectivity index (χ1) is 11.5. The van der Waals surface area contributed by atoms with E-state index < -0.39 is 11.4 Å². The van der Waals surface area contributed by atoms with Crippen LogP contribution in [0.2, 0.25) is 0 Å². The van der Waals surface area contributed by atoms with Crippen molar-refractivity contribution in [1.82, 2.24) is 5.32 Å². The molecule has 0 spiro atoms. The molecule has 0 aromatic heterocycles. The van der Waals surface area contributed by atoms with Gasteiger partial charge in [0, 0.05) is 25.3 Å². The highest BCUT2D eigenvalue weighted by molar-refractivity contribution is 5.99. The van der Waals surface area contributed by atoms with Crippen molar-refractivity contribution in [3.63, 3.8) is 0 Å². The Morgan fingerprint density at radius 2 is 2.04 bits per heavy atom. The third-order valence-corrected chi connectivity index (χ3v) is 4.37. The summed E-state index contributed by atoms with van der Waals surface area (Å²) in [6.45, 7) is 0.683. The van der Waals surface area contributed by atoms with Gasteiger partial charge < -0.3 is 25.2 Å².